The molecule has 0 aliphatic carbocycles. The van der Waals surface area contributed by atoms with Gasteiger partial charge in [0, 0.05) is 11.1 Å². The molecule has 1 aliphatic heterocycles. The van der Waals surface area contributed by atoms with E-state index in [-0.39, 0.29) is 5.75 Å². The van der Waals surface area contributed by atoms with Crippen LogP contribution < -0.4 is 10.7 Å². The number of nitrogens with zero attached hydrogens (tertiary/aromatic N) is 4. The van der Waals surface area contributed by atoms with Crippen LogP contribution in [0.25, 0.3) is 22.5 Å². The zero-order chi connectivity index (χ0) is 25.2. The molecule has 180 valence electrons. The van der Waals surface area contributed by atoms with E-state index in [9.17, 15) is 14.4 Å². The number of hydrogen-bond acceptors (Lipinski definition) is 7. The maximum Gasteiger partial charge on any atom is 0.344 e. The maximum absolute atomic E-state index is 12.5. The number of carbonyl (C=O) groups excluding carboxylic acids is 3. The zero-order valence-electron chi connectivity index (χ0n) is 20.0. The molecule has 0 spiro atoms. The first kappa shape index (κ1) is 24.3. The molecule has 3 aromatic rings. The van der Waals surface area contributed by atoms with E-state index in [1.54, 1.807) is 13.8 Å². The molecule has 2 aromatic carbocycles. The smallest absolute Gasteiger partial charge is 0.322 e. The molecule has 1 atom stereocenters. The van der Waals surface area contributed by atoms with Crippen LogP contribution in [0.15, 0.2) is 53.7 Å². The minimum Gasteiger partial charge on any atom is -0.322 e. The van der Waals surface area contributed by atoms with Gasteiger partial charge in [0.15, 0.2) is 0 Å². The van der Waals surface area contributed by atoms with Gasteiger partial charge in [0.25, 0.3) is 5.91 Å². The molecule has 10 heteroatoms. The van der Waals surface area contributed by atoms with Gasteiger partial charge in [-0.1, -0.05) is 78.3 Å². The lowest BCUT2D eigenvalue weighted by Gasteiger charge is -2.19. The summed E-state index contributed by atoms with van der Waals surface area (Å²) in [4.78, 5) is 41.8. The average Bonchev–Trinajstić information content (AvgIpc) is 3.07. The third kappa shape index (κ3) is 5.17. The number of hydrazine groups is 1. The summed E-state index contributed by atoms with van der Waals surface area (Å²) in [6.45, 7) is 7.43. The Hall–Kier alpha value is -3.79. The lowest BCUT2D eigenvalue weighted by molar-refractivity contribution is -0.137. The van der Waals surface area contributed by atoms with E-state index in [4.69, 9.17) is 4.98 Å². The standard InChI is InChI=1S/C25H26N6O3S/c1-5-25(4)22(33)31(24(34)27-25)30-19(32)14-35-23-26-20(17-10-6-15(2)7-11-17)21(28-29-23)18-12-8-16(3)9-13-18/h6-13H,5,14H2,1-4H3,(H,27,34)(H,30,32). The fourth-order valence-electron chi connectivity index (χ4n) is 3.50. The number of imide groups is 1. The van der Waals surface area contributed by atoms with Crippen LogP contribution in [0.3, 0.4) is 0 Å². The lowest BCUT2D eigenvalue weighted by atomic mass is 10.00. The summed E-state index contributed by atoms with van der Waals surface area (Å²) >= 11 is 1.07. The van der Waals surface area contributed by atoms with Crippen LogP contribution in [0.1, 0.15) is 31.4 Å². The van der Waals surface area contributed by atoms with Gasteiger partial charge in [0.1, 0.15) is 16.9 Å². The summed E-state index contributed by atoms with van der Waals surface area (Å²) in [6.07, 6.45) is 0.410. The van der Waals surface area contributed by atoms with Crippen LogP contribution in [-0.4, -0.2) is 49.3 Å². The summed E-state index contributed by atoms with van der Waals surface area (Å²) in [5.74, 6) is -1.12. The van der Waals surface area contributed by atoms with Crippen LogP contribution in [-0.2, 0) is 9.59 Å². The second kappa shape index (κ2) is 9.83. The van der Waals surface area contributed by atoms with E-state index in [0.29, 0.717) is 23.0 Å². The summed E-state index contributed by atoms with van der Waals surface area (Å²) in [5.41, 5.74) is 6.66. The topological polar surface area (TPSA) is 117 Å². The van der Waals surface area contributed by atoms with Crippen LogP contribution in [0.4, 0.5) is 4.79 Å². The van der Waals surface area contributed by atoms with Crippen molar-refractivity contribution in [2.24, 2.45) is 0 Å². The Morgan fingerprint density at radius 1 is 0.971 bits per heavy atom. The van der Waals surface area contributed by atoms with Crippen molar-refractivity contribution in [1.82, 2.24) is 30.9 Å². The highest BCUT2D eigenvalue weighted by atomic mass is 32.2. The molecule has 4 amide bonds. The van der Waals surface area contributed by atoms with E-state index >= 15 is 0 Å². The number of benzene rings is 2. The lowest BCUT2D eigenvalue weighted by Crippen LogP contribution is -2.49. The molecule has 1 aliphatic rings. The molecule has 1 fully saturated rings. The van der Waals surface area contributed by atoms with Crippen LogP contribution >= 0.6 is 11.8 Å². The Labute approximate surface area is 207 Å². The van der Waals surface area contributed by atoms with Gasteiger partial charge in [0.2, 0.25) is 11.1 Å². The van der Waals surface area contributed by atoms with Gasteiger partial charge in [-0.05, 0) is 27.2 Å². The summed E-state index contributed by atoms with van der Waals surface area (Å²) in [6, 6.07) is 15.2. The van der Waals surface area contributed by atoms with Crippen molar-refractivity contribution in [1.29, 1.82) is 0 Å². The number of nitrogens with one attached hydrogen (secondary N) is 2. The fourth-order valence-corrected chi connectivity index (χ4v) is 4.08. The second-order valence-corrected chi connectivity index (χ2v) is 9.55. The second-order valence-electron chi connectivity index (χ2n) is 8.60. The average molecular weight is 491 g/mol. The number of thioether (sulfide) groups is 1. The number of urea groups is 1. The van der Waals surface area contributed by atoms with Crippen molar-refractivity contribution < 1.29 is 14.4 Å². The zero-order valence-corrected chi connectivity index (χ0v) is 20.8. The van der Waals surface area contributed by atoms with Crippen molar-refractivity contribution in [2.45, 2.75) is 44.8 Å². The van der Waals surface area contributed by atoms with Crippen LogP contribution in [0.2, 0.25) is 0 Å². The number of hydrogen-bond donors (Lipinski definition) is 2. The Morgan fingerprint density at radius 3 is 2.09 bits per heavy atom. The third-order valence-corrected chi connectivity index (χ3v) is 6.69. The Bertz CT molecular complexity index is 1280. The predicted molar refractivity (Wildman–Crippen MR) is 133 cm³/mol. The molecule has 0 bridgehead atoms. The number of amides is 4. The first-order chi connectivity index (χ1) is 16.7. The summed E-state index contributed by atoms with van der Waals surface area (Å²) < 4.78 is 0. The molecule has 1 saturated heterocycles. The maximum atomic E-state index is 12.5. The normalized spacial score (nSPS) is 17.4. The highest BCUT2D eigenvalue weighted by molar-refractivity contribution is 7.99. The van der Waals surface area contributed by atoms with Crippen LogP contribution in [0.5, 0.6) is 0 Å². The molecule has 35 heavy (non-hydrogen) atoms. The van der Waals surface area contributed by atoms with E-state index in [1.165, 1.54) is 0 Å². The van der Waals surface area contributed by atoms with Gasteiger partial charge < -0.3 is 5.32 Å². The van der Waals surface area contributed by atoms with Crippen molar-refractivity contribution in [3.63, 3.8) is 0 Å². The summed E-state index contributed by atoms with van der Waals surface area (Å²) in [5, 5.41) is 12.3. The van der Waals surface area contributed by atoms with Gasteiger partial charge >= 0.3 is 6.03 Å². The number of rotatable bonds is 7. The van der Waals surface area contributed by atoms with Gasteiger partial charge in [0.05, 0.1) is 5.75 Å². The van der Waals surface area contributed by atoms with Crippen molar-refractivity contribution in [2.75, 3.05) is 5.75 Å². The minimum absolute atomic E-state index is 0.0984. The fraction of sp³-hybridized carbons (Fsp3) is 0.280. The van der Waals surface area contributed by atoms with Gasteiger partial charge in [-0.15, -0.1) is 10.2 Å². The molecule has 2 N–H and O–H groups in total. The predicted octanol–water partition coefficient (Wildman–Crippen LogP) is 3.67. The van der Waals surface area contributed by atoms with Crippen molar-refractivity contribution in [3.05, 3.63) is 59.7 Å². The third-order valence-electron chi connectivity index (χ3n) is 5.85. The van der Waals surface area contributed by atoms with Crippen molar-refractivity contribution >= 4 is 29.6 Å². The van der Waals surface area contributed by atoms with Gasteiger partial charge in [-0.25, -0.2) is 9.78 Å². The molecule has 0 saturated carbocycles. The highest BCUT2D eigenvalue weighted by Gasteiger charge is 2.47. The van der Waals surface area contributed by atoms with E-state index < -0.39 is 23.4 Å². The van der Waals surface area contributed by atoms with Crippen molar-refractivity contribution in [3.8, 4) is 22.5 Å². The molecule has 1 aromatic heterocycles. The molecular formula is C25H26N6O3S. The van der Waals surface area contributed by atoms with Crippen LogP contribution in [0, 0.1) is 13.8 Å². The quantitative estimate of drug-likeness (QED) is 0.383. The minimum atomic E-state index is -1.03. The number of aromatic nitrogens is 3. The van der Waals surface area contributed by atoms with E-state index in [0.717, 1.165) is 39.0 Å². The highest BCUT2D eigenvalue weighted by Crippen LogP contribution is 2.30. The molecule has 4 rings (SSSR count). The van der Waals surface area contributed by atoms with E-state index in [2.05, 4.69) is 20.9 Å². The van der Waals surface area contributed by atoms with Gasteiger partial charge in [-0.3, -0.25) is 15.0 Å². The summed E-state index contributed by atoms with van der Waals surface area (Å²) in [7, 11) is 0. The van der Waals surface area contributed by atoms with E-state index in [1.807, 2.05) is 62.4 Å². The number of aryl methyl sites for hydroxylation is 2. The molecule has 2 heterocycles. The first-order valence-corrected chi connectivity index (χ1v) is 12.2. The molecule has 9 nitrogen and oxygen atoms in total. The SMILES string of the molecule is CCC1(C)NC(=O)N(NC(=O)CSc2nnc(-c3ccc(C)cc3)c(-c3ccc(C)cc3)n2)C1=O. The first-order valence-electron chi connectivity index (χ1n) is 11.2. The number of carbonyl (C=O) groups is 3. The Balaban J connectivity index is 1.53. The van der Waals surface area contributed by atoms with Gasteiger partial charge in [-0.2, -0.15) is 5.01 Å². The Morgan fingerprint density at radius 2 is 1.54 bits per heavy atom. The molecule has 1 unspecified atom stereocenters. The largest absolute Gasteiger partial charge is 0.344 e. The Kier molecular flexibility index (Phi) is 6.83. The monoisotopic (exact) mass is 490 g/mol. The molecule has 0 radical (unpaired) electrons. The molecular weight excluding hydrogens is 464 g/mol.